The van der Waals surface area contributed by atoms with Crippen LogP contribution in [0.3, 0.4) is 0 Å². The van der Waals surface area contributed by atoms with Crippen LogP contribution in [-0.2, 0) is 4.79 Å². The molecule has 0 bridgehead atoms. The van der Waals surface area contributed by atoms with E-state index in [-0.39, 0.29) is 24.5 Å². The molecule has 2 fully saturated rings. The van der Waals surface area contributed by atoms with Crippen molar-refractivity contribution in [3.05, 3.63) is 0 Å². The fourth-order valence-corrected chi connectivity index (χ4v) is 2.81. The summed E-state index contributed by atoms with van der Waals surface area (Å²) in [5.41, 5.74) is 0. The second kappa shape index (κ2) is 6.95. The van der Waals surface area contributed by atoms with Gasteiger partial charge in [0.05, 0.1) is 6.54 Å². The SMILES string of the molecule is CC(C)N(CC1CCC1)C(=O)NCC(=O)N1CCCC1. The van der Waals surface area contributed by atoms with E-state index in [0.717, 1.165) is 32.5 Å². The molecule has 1 saturated heterocycles. The molecule has 0 unspecified atom stereocenters. The summed E-state index contributed by atoms with van der Waals surface area (Å²) >= 11 is 0. The molecule has 2 rings (SSSR count). The van der Waals surface area contributed by atoms with E-state index in [9.17, 15) is 9.59 Å². The summed E-state index contributed by atoms with van der Waals surface area (Å²) in [6, 6.07) is 0.0805. The third-order valence-electron chi connectivity index (χ3n) is 4.41. The van der Waals surface area contributed by atoms with Gasteiger partial charge in [0.1, 0.15) is 0 Å². The molecule has 1 aliphatic heterocycles. The van der Waals surface area contributed by atoms with Gasteiger partial charge in [-0.25, -0.2) is 4.79 Å². The molecule has 1 aliphatic carbocycles. The van der Waals surface area contributed by atoms with E-state index < -0.39 is 0 Å². The monoisotopic (exact) mass is 281 g/mol. The fraction of sp³-hybridized carbons (Fsp3) is 0.867. The maximum absolute atomic E-state index is 12.2. The van der Waals surface area contributed by atoms with Crippen LogP contribution in [0.5, 0.6) is 0 Å². The van der Waals surface area contributed by atoms with E-state index in [2.05, 4.69) is 5.32 Å². The van der Waals surface area contributed by atoms with Gasteiger partial charge in [-0.15, -0.1) is 0 Å². The predicted octanol–water partition coefficient (Wildman–Crippen LogP) is 1.83. The van der Waals surface area contributed by atoms with Crippen molar-refractivity contribution in [1.29, 1.82) is 0 Å². The summed E-state index contributed by atoms with van der Waals surface area (Å²) in [6.07, 6.45) is 5.90. The number of nitrogens with zero attached hydrogens (tertiary/aromatic N) is 2. The van der Waals surface area contributed by atoms with Crippen molar-refractivity contribution in [2.45, 2.75) is 52.0 Å². The molecule has 1 saturated carbocycles. The highest BCUT2D eigenvalue weighted by atomic mass is 16.2. The van der Waals surface area contributed by atoms with Gasteiger partial charge in [0.25, 0.3) is 0 Å². The standard InChI is InChI=1S/C15H27N3O2/c1-12(2)18(11-13-6-5-7-13)15(20)16-10-14(19)17-8-3-4-9-17/h12-13H,3-11H2,1-2H3,(H,16,20). The number of urea groups is 1. The molecule has 1 heterocycles. The first-order valence-corrected chi connectivity index (χ1v) is 7.90. The lowest BCUT2D eigenvalue weighted by atomic mass is 9.85. The number of rotatable bonds is 5. The van der Waals surface area contributed by atoms with Gasteiger partial charge in [0.2, 0.25) is 5.91 Å². The topological polar surface area (TPSA) is 52.7 Å². The molecular formula is C15H27N3O2. The number of carbonyl (C=O) groups is 2. The highest BCUT2D eigenvalue weighted by Gasteiger charge is 2.26. The van der Waals surface area contributed by atoms with Crippen LogP contribution in [-0.4, -0.2) is 54.0 Å². The van der Waals surface area contributed by atoms with Gasteiger partial charge in [0.15, 0.2) is 0 Å². The molecule has 0 aromatic carbocycles. The zero-order chi connectivity index (χ0) is 14.5. The first kappa shape index (κ1) is 15.1. The molecule has 114 valence electrons. The molecular weight excluding hydrogens is 254 g/mol. The van der Waals surface area contributed by atoms with Crippen LogP contribution < -0.4 is 5.32 Å². The van der Waals surface area contributed by atoms with E-state index in [1.807, 2.05) is 23.6 Å². The third-order valence-corrected chi connectivity index (χ3v) is 4.41. The van der Waals surface area contributed by atoms with E-state index in [1.165, 1.54) is 19.3 Å². The van der Waals surface area contributed by atoms with Gasteiger partial charge in [-0.3, -0.25) is 4.79 Å². The number of likely N-dealkylation sites (tertiary alicyclic amines) is 1. The van der Waals surface area contributed by atoms with Gasteiger partial charge >= 0.3 is 6.03 Å². The Morgan fingerprint density at radius 3 is 2.35 bits per heavy atom. The molecule has 0 atom stereocenters. The Morgan fingerprint density at radius 2 is 1.85 bits per heavy atom. The molecule has 0 aromatic heterocycles. The lowest BCUT2D eigenvalue weighted by Crippen LogP contribution is -2.49. The molecule has 20 heavy (non-hydrogen) atoms. The van der Waals surface area contributed by atoms with E-state index >= 15 is 0 Å². The highest BCUT2D eigenvalue weighted by molar-refractivity contribution is 5.84. The average Bonchev–Trinajstić information content (AvgIpc) is 2.87. The molecule has 0 aromatic rings. The van der Waals surface area contributed by atoms with Crippen LogP contribution in [0.1, 0.15) is 46.0 Å². The normalized spacial score (nSPS) is 19.1. The van der Waals surface area contributed by atoms with E-state index in [1.54, 1.807) is 0 Å². The predicted molar refractivity (Wildman–Crippen MR) is 78.4 cm³/mol. The Kier molecular flexibility index (Phi) is 5.26. The van der Waals surface area contributed by atoms with E-state index in [4.69, 9.17) is 0 Å². The second-order valence-corrected chi connectivity index (χ2v) is 6.29. The minimum absolute atomic E-state index is 0.0446. The van der Waals surface area contributed by atoms with Crippen LogP contribution in [0.2, 0.25) is 0 Å². The summed E-state index contributed by atoms with van der Waals surface area (Å²) in [6.45, 7) is 6.69. The Balaban J connectivity index is 1.76. The molecule has 0 spiro atoms. The van der Waals surface area contributed by atoms with Crippen molar-refractivity contribution in [3.8, 4) is 0 Å². The first-order chi connectivity index (χ1) is 9.58. The molecule has 3 amide bonds. The van der Waals surface area contributed by atoms with Gasteiger partial charge in [-0.05, 0) is 45.4 Å². The third kappa shape index (κ3) is 3.87. The van der Waals surface area contributed by atoms with Crippen LogP contribution in [0, 0.1) is 5.92 Å². The summed E-state index contributed by atoms with van der Waals surface area (Å²) in [5, 5.41) is 2.79. The van der Waals surface area contributed by atoms with Crippen molar-refractivity contribution in [3.63, 3.8) is 0 Å². The first-order valence-electron chi connectivity index (χ1n) is 7.90. The zero-order valence-electron chi connectivity index (χ0n) is 12.7. The molecule has 0 radical (unpaired) electrons. The van der Waals surface area contributed by atoms with Crippen molar-refractivity contribution >= 4 is 11.9 Å². The van der Waals surface area contributed by atoms with Gasteiger partial charge in [-0.2, -0.15) is 0 Å². The molecule has 2 aliphatic rings. The van der Waals surface area contributed by atoms with Crippen molar-refractivity contribution < 1.29 is 9.59 Å². The number of amides is 3. The largest absolute Gasteiger partial charge is 0.341 e. The Hall–Kier alpha value is -1.26. The Morgan fingerprint density at radius 1 is 1.20 bits per heavy atom. The summed E-state index contributed by atoms with van der Waals surface area (Å²) < 4.78 is 0. The van der Waals surface area contributed by atoms with Gasteiger partial charge in [0, 0.05) is 25.7 Å². The molecule has 5 heteroatoms. The van der Waals surface area contributed by atoms with E-state index in [0.29, 0.717) is 5.92 Å². The smallest absolute Gasteiger partial charge is 0.318 e. The highest BCUT2D eigenvalue weighted by Crippen LogP contribution is 2.27. The maximum Gasteiger partial charge on any atom is 0.318 e. The van der Waals surface area contributed by atoms with Crippen molar-refractivity contribution in [2.24, 2.45) is 5.92 Å². The quantitative estimate of drug-likeness (QED) is 0.836. The molecule has 1 N–H and O–H groups in total. The van der Waals surface area contributed by atoms with Crippen molar-refractivity contribution in [2.75, 3.05) is 26.2 Å². The maximum atomic E-state index is 12.2. The van der Waals surface area contributed by atoms with Gasteiger partial charge < -0.3 is 15.1 Å². The van der Waals surface area contributed by atoms with Crippen LogP contribution in [0.4, 0.5) is 4.79 Å². The minimum Gasteiger partial charge on any atom is -0.341 e. The van der Waals surface area contributed by atoms with Crippen LogP contribution >= 0.6 is 0 Å². The lowest BCUT2D eigenvalue weighted by molar-refractivity contribution is -0.129. The molecule has 5 nitrogen and oxygen atoms in total. The minimum atomic E-state index is -0.0977. The fourth-order valence-electron chi connectivity index (χ4n) is 2.81. The van der Waals surface area contributed by atoms with Crippen LogP contribution in [0.15, 0.2) is 0 Å². The zero-order valence-corrected chi connectivity index (χ0v) is 12.7. The van der Waals surface area contributed by atoms with Gasteiger partial charge in [-0.1, -0.05) is 6.42 Å². The Bertz CT molecular complexity index is 347. The second-order valence-electron chi connectivity index (χ2n) is 6.29. The van der Waals surface area contributed by atoms with Crippen molar-refractivity contribution in [1.82, 2.24) is 15.1 Å². The van der Waals surface area contributed by atoms with Crippen LogP contribution in [0.25, 0.3) is 0 Å². The lowest BCUT2D eigenvalue weighted by Gasteiger charge is -2.34. The average molecular weight is 281 g/mol. The summed E-state index contributed by atoms with van der Waals surface area (Å²) in [7, 11) is 0. The number of carbonyl (C=O) groups excluding carboxylic acids is 2. The Labute approximate surface area is 121 Å². The number of hydrogen-bond donors (Lipinski definition) is 1. The number of hydrogen-bond acceptors (Lipinski definition) is 2. The summed E-state index contributed by atoms with van der Waals surface area (Å²) in [4.78, 5) is 27.8. The number of nitrogens with one attached hydrogen (secondary N) is 1. The summed E-state index contributed by atoms with van der Waals surface area (Å²) in [5.74, 6) is 0.695.